The Labute approximate surface area is 125 Å². The predicted octanol–water partition coefficient (Wildman–Crippen LogP) is 2.35. The zero-order valence-corrected chi connectivity index (χ0v) is 12.6. The molecule has 0 saturated carbocycles. The lowest BCUT2D eigenvalue weighted by Crippen LogP contribution is -2.49. The molecule has 1 aromatic rings. The lowest BCUT2D eigenvalue weighted by molar-refractivity contribution is -0.143. The molecule has 21 heavy (non-hydrogen) atoms. The van der Waals surface area contributed by atoms with Gasteiger partial charge in [-0.1, -0.05) is 0 Å². The fourth-order valence-corrected chi connectivity index (χ4v) is 3.82. The number of hydrogen-bond acceptors (Lipinski definition) is 4. The summed E-state index contributed by atoms with van der Waals surface area (Å²) >= 11 is 0. The largest absolute Gasteiger partial charge is 0.480 e. The third-order valence-corrected chi connectivity index (χ3v) is 5.12. The van der Waals surface area contributed by atoms with Crippen LogP contribution in [0.15, 0.2) is 23.0 Å². The summed E-state index contributed by atoms with van der Waals surface area (Å²) < 4.78 is 5.17. The maximum Gasteiger partial charge on any atom is 0.320 e. The molecular formula is C16H24N2O3. The zero-order valence-electron chi connectivity index (χ0n) is 12.6. The van der Waals surface area contributed by atoms with Crippen LogP contribution in [0.4, 0.5) is 0 Å². The summed E-state index contributed by atoms with van der Waals surface area (Å²) in [6.07, 6.45) is 7.49. The third-order valence-electron chi connectivity index (χ3n) is 5.12. The van der Waals surface area contributed by atoms with Gasteiger partial charge in [-0.3, -0.25) is 14.6 Å². The average Bonchev–Trinajstić information content (AvgIpc) is 3.18. The summed E-state index contributed by atoms with van der Waals surface area (Å²) in [5.41, 5.74) is 1.22. The average molecular weight is 292 g/mol. The van der Waals surface area contributed by atoms with Crippen molar-refractivity contribution >= 4 is 5.97 Å². The second kappa shape index (κ2) is 6.20. The number of furan rings is 1. The first-order valence-electron chi connectivity index (χ1n) is 7.91. The van der Waals surface area contributed by atoms with Gasteiger partial charge < -0.3 is 9.52 Å². The molecule has 1 aromatic heterocycles. The van der Waals surface area contributed by atoms with Crippen molar-refractivity contribution in [1.82, 2.24) is 9.80 Å². The van der Waals surface area contributed by atoms with E-state index in [2.05, 4.69) is 16.7 Å². The normalized spacial score (nSPS) is 27.0. The minimum absolute atomic E-state index is 0.257. The van der Waals surface area contributed by atoms with Crippen molar-refractivity contribution in [1.29, 1.82) is 0 Å². The van der Waals surface area contributed by atoms with Crippen molar-refractivity contribution in [3.05, 3.63) is 24.2 Å². The molecular weight excluding hydrogens is 268 g/mol. The SMILES string of the molecule is CC(c1ccoc1)N1CCC(N2CCCC2C(=O)O)CC1. The van der Waals surface area contributed by atoms with E-state index < -0.39 is 5.97 Å². The highest BCUT2D eigenvalue weighted by Gasteiger charge is 2.37. The van der Waals surface area contributed by atoms with Crippen LogP contribution >= 0.6 is 0 Å². The van der Waals surface area contributed by atoms with Gasteiger partial charge in [-0.15, -0.1) is 0 Å². The maximum absolute atomic E-state index is 11.3. The molecule has 3 rings (SSSR count). The van der Waals surface area contributed by atoms with E-state index in [1.165, 1.54) is 5.56 Å². The van der Waals surface area contributed by atoms with E-state index in [1.807, 2.05) is 12.3 Å². The molecule has 2 atom stereocenters. The number of hydrogen-bond donors (Lipinski definition) is 1. The van der Waals surface area contributed by atoms with Crippen molar-refractivity contribution in [3.63, 3.8) is 0 Å². The lowest BCUT2D eigenvalue weighted by Gasteiger charge is -2.40. The molecule has 0 radical (unpaired) electrons. The van der Waals surface area contributed by atoms with Gasteiger partial charge in [0.1, 0.15) is 6.04 Å². The van der Waals surface area contributed by atoms with Crippen LogP contribution in [-0.4, -0.2) is 52.6 Å². The molecule has 0 bridgehead atoms. The van der Waals surface area contributed by atoms with Gasteiger partial charge in [0.2, 0.25) is 0 Å². The Hall–Kier alpha value is -1.33. The van der Waals surface area contributed by atoms with Crippen molar-refractivity contribution in [2.45, 2.75) is 50.7 Å². The molecule has 1 N–H and O–H groups in total. The molecule has 5 heteroatoms. The molecule has 2 unspecified atom stereocenters. The van der Waals surface area contributed by atoms with Crippen LogP contribution in [-0.2, 0) is 4.79 Å². The molecule has 0 aliphatic carbocycles. The smallest absolute Gasteiger partial charge is 0.320 e. The van der Waals surface area contributed by atoms with E-state index in [4.69, 9.17) is 4.42 Å². The fourth-order valence-electron chi connectivity index (χ4n) is 3.82. The molecule has 2 saturated heterocycles. The molecule has 0 aromatic carbocycles. The Morgan fingerprint density at radius 1 is 1.33 bits per heavy atom. The topological polar surface area (TPSA) is 56.9 Å². The van der Waals surface area contributed by atoms with Gasteiger partial charge in [-0.25, -0.2) is 0 Å². The molecule has 0 spiro atoms. The van der Waals surface area contributed by atoms with E-state index in [-0.39, 0.29) is 6.04 Å². The summed E-state index contributed by atoms with van der Waals surface area (Å²) in [6, 6.07) is 2.57. The van der Waals surface area contributed by atoms with Crippen LogP contribution in [0, 0.1) is 0 Å². The molecule has 2 fully saturated rings. The highest BCUT2D eigenvalue weighted by Crippen LogP contribution is 2.29. The summed E-state index contributed by atoms with van der Waals surface area (Å²) in [6.45, 7) is 5.21. The van der Waals surface area contributed by atoms with Crippen molar-refractivity contribution in [3.8, 4) is 0 Å². The van der Waals surface area contributed by atoms with Gasteiger partial charge >= 0.3 is 5.97 Å². The summed E-state index contributed by atoms with van der Waals surface area (Å²) in [5.74, 6) is -0.651. The first-order valence-corrected chi connectivity index (χ1v) is 7.91. The van der Waals surface area contributed by atoms with Crippen LogP contribution in [0.2, 0.25) is 0 Å². The number of piperidine rings is 1. The Kier molecular flexibility index (Phi) is 4.31. The quantitative estimate of drug-likeness (QED) is 0.923. The molecule has 2 aliphatic heterocycles. The molecule has 0 amide bonds. The standard InChI is InChI=1S/C16H24N2O3/c1-12(13-6-10-21-11-13)17-8-4-14(5-9-17)18-7-2-3-15(18)16(19)20/h6,10-12,14-15H,2-5,7-9H2,1H3,(H,19,20). The van der Waals surface area contributed by atoms with Crippen molar-refractivity contribution in [2.24, 2.45) is 0 Å². The van der Waals surface area contributed by atoms with Crippen LogP contribution < -0.4 is 0 Å². The number of rotatable bonds is 4. The molecule has 116 valence electrons. The van der Waals surface area contributed by atoms with Gasteiger partial charge in [0.15, 0.2) is 0 Å². The van der Waals surface area contributed by atoms with Gasteiger partial charge in [0.25, 0.3) is 0 Å². The lowest BCUT2D eigenvalue weighted by atomic mass is 9.99. The first-order chi connectivity index (χ1) is 10.2. The molecule has 2 aliphatic rings. The number of nitrogens with zero attached hydrogens (tertiary/aromatic N) is 2. The number of aliphatic carboxylic acids is 1. The second-order valence-electron chi connectivity index (χ2n) is 6.23. The van der Waals surface area contributed by atoms with Crippen molar-refractivity contribution < 1.29 is 14.3 Å². The second-order valence-corrected chi connectivity index (χ2v) is 6.23. The van der Waals surface area contributed by atoms with Gasteiger partial charge in [0, 0.05) is 30.7 Å². The van der Waals surface area contributed by atoms with E-state index in [1.54, 1.807) is 6.26 Å². The number of carboxylic acid groups (broad SMARTS) is 1. The number of carbonyl (C=O) groups is 1. The van der Waals surface area contributed by atoms with Gasteiger partial charge in [-0.2, -0.15) is 0 Å². The van der Waals surface area contributed by atoms with E-state index in [0.717, 1.165) is 45.3 Å². The summed E-state index contributed by atoms with van der Waals surface area (Å²) in [4.78, 5) is 16.0. The Bertz CT molecular complexity index is 466. The highest BCUT2D eigenvalue weighted by molar-refractivity contribution is 5.73. The Morgan fingerprint density at radius 3 is 2.71 bits per heavy atom. The zero-order chi connectivity index (χ0) is 14.8. The third kappa shape index (κ3) is 2.99. The van der Waals surface area contributed by atoms with E-state index in [0.29, 0.717) is 12.1 Å². The summed E-state index contributed by atoms with van der Waals surface area (Å²) in [7, 11) is 0. The minimum Gasteiger partial charge on any atom is -0.480 e. The van der Waals surface area contributed by atoms with Crippen LogP contribution in [0.5, 0.6) is 0 Å². The Morgan fingerprint density at radius 2 is 2.10 bits per heavy atom. The first kappa shape index (κ1) is 14.6. The van der Waals surface area contributed by atoms with Gasteiger partial charge in [0.05, 0.1) is 12.5 Å². The highest BCUT2D eigenvalue weighted by atomic mass is 16.4. The predicted molar refractivity (Wildman–Crippen MR) is 79.1 cm³/mol. The number of likely N-dealkylation sites (tertiary alicyclic amines) is 2. The fraction of sp³-hybridized carbons (Fsp3) is 0.688. The maximum atomic E-state index is 11.3. The molecule has 5 nitrogen and oxygen atoms in total. The minimum atomic E-state index is -0.651. The van der Waals surface area contributed by atoms with E-state index >= 15 is 0 Å². The van der Waals surface area contributed by atoms with Crippen LogP contribution in [0.3, 0.4) is 0 Å². The van der Waals surface area contributed by atoms with Crippen LogP contribution in [0.1, 0.15) is 44.2 Å². The summed E-state index contributed by atoms with van der Waals surface area (Å²) in [5, 5.41) is 9.32. The monoisotopic (exact) mass is 292 g/mol. The van der Waals surface area contributed by atoms with Crippen LogP contribution in [0.25, 0.3) is 0 Å². The van der Waals surface area contributed by atoms with Crippen molar-refractivity contribution in [2.75, 3.05) is 19.6 Å². The molecule has 3 heterocycles. The van der Waals surface area contributed by atoms with Gasteiger partial charge in [-0.05, 0) is 45.2 Å². The van der Waals surface area contributed by atoms with E-state index in [9.17, 15) is 9.90 Å². The Balaban J connectivity index is 1.56. The number of carboxylic acids is 1.